The van der Waals surface area contributed by atoms with Crippen molar-refractivity contribution in [3.05, 3.63) is 59.7 Å². The van der Waals surface area contributed by atoms with Crippen LogP contribution in [0.2, 0.25) is 0 Å². The third-order valence-corrected chi connectivity index (χ3v) is 4.77. The van der Waals surface area contributed by atoms with Gasteiger partial charge in [0.1, 0.15) is 5.84 Å². The maximum atomic E-state index is 13.0. The van der Waals surface area contributed by atoms with Crippen LogP contribution in [0.25, 0.3) is 0 Å². The van der Waals surface area contributed by atoms with E-state index in [1.807, 2.05) is 0 Å². The first-order valence-electron chi connectivity index (χ1n) is 12.4. The van der Waals surface area contributed by atoms with Crippen molar-refractivity contribution < 1.29 is 32.5 Å². The number of ether oxygens (including phenoxy) is 1. The van der Waals surface area contributed by atoms with Crippen LogP contribution in [-0.4, -0.2) is 72.9 Å². The molecule has 0 spiro atoms. The fraction of sp³-hybridized carbons (Fsp3) is 0.273. The zero-order chi connectivity index (χ0) is 28.4. The van der Waals surface area contributed by atoms with Gasteiger partial charge in [-0.15, -0.1) is 0 Å². The number of carbonyl (C=O) groups is 3. The summed E-state index contributed by atoms with van der Waals surface area (Å²) < 4.78 is 49.7. The maximum absolute atomic E-state index is 13.0. The van der Waals surface area contributed by atoms with E-state index in [9.17, 15) is 19.5 Å². The first kappa shape index (κ1) is 16.0. The first-order valence-corrected chi connectivity index (χ1v) is 9.42. The summed E-state index contributed by atoms with van der Waals surface area (Å²) in [5.74, 6) is -3.05. The molecule has 5 N–H and O–H groups in total. The number of hydrogen-bond acceptors (Lipinski definition) is 6. The number of anilines is 2. The van der Waals surface area contributed by atoms with E-state index in [4.69, 9.17) is 24.1 Å². The second kappa shape index (κ2) is 9.58. The van der Waals surface area contributed by atoms with Crippen LogP contribution in [0.5, 0.6) is 0 Å². The van der Waals surface area contributed by atoms with E-state index in [-0.39, 0.29) is 35.1 Å². The van der Waals surface area contributed by atoms with Gasteiger partial charge in [-0.25, -0.2) is 0 Å². The number of benzene rings is 2. The second-order valence-corrected chi connectivity index (χ2v) is 6.89. The highest BCUT2D eigenvalue weighted by molar-refractivity contribution is 6.04. The van der Waals surface area contributed by atoms with Crippen molar-refractivity contribution >= 4 is 34.9 Å². The molecule has 0 bridgehead atoms. The van der Waals surface area contributed by atoms with Crippen LogP contribution in [0.15, 0.2) is 48.5 Å². The van der Waals surface area contributed by atoms with E-state index in [0.717, 1.165) is 0 Å². The Morgan fingerprint density at radius 1 is 1.22 bits per heavy atom. The van der Waals surface area contributed by atoms with Crippen LogP contribution >= 0.6 is 0 Å². The van der Waals surface area contributed by atoms with Crippen LogP contribution < -0.4 is 16.0 Å². The summed E-state index contributed by atoms with van der Waals surface area (Å²) >= 11 is 0. The molecule has 2 atom stereocenters. The molecule has 0 aliphatic carbocycles. The fourth-order valence-corrected chi connectivity index (χ4v) is 3.09. The Hall–Kier alpha value is -3.76. The van der Waals surface area contributed by atoms with Gasteiger partial charge >= 0.3 is 0 Å². The summed E-state index contributed by atoms with van der Waals surface area (Å²) in [6, 6.07) is 10.9. The average molecular weight is 446 g/mol. The number of aliphatic hydroxyl groups is 1. The van der Waals surface area contributed by atoms with Crippen molar-refractivity contribution in [2.75, 3.05) is 37.3 Å². The van der Waals surface area contributed by atoms with Gasteiger partial charge in [-0.05, 0) is 48.5 Å². The monoisotopic (exact) mass is 445 g/mol. The quantitative estimate of drug-likeness (QED) is 0.374. The Morgan fingerprint density at radius 3 is 2.44 bits per heavy atom. The van der Waals surface area contributed by atoms with Crippen molar-refractivity contribution in [1.82, 2.24) is 4.90 Å². The molecule has 1 fully saturated rings. The number of carbonyl (C=O) groups excluding carboxylic acids is 3. The number of hydrogen-bond donors (Lipinski definition) is 4. The largest absolute Gasteiger partial charge is 0.384 e. The van der Waals surface area contributed by atoms with Crippen molar-refractivity contribution in [1.29, 1.82) is 5.41 Å². The van der Waals surface area contributed by atoms with Crippen LogP contribution in [0.4, 0.5) is 11.4 Å². The molecule has 0 aromatic heterocycles. The Bertz CT molecular complexity index is 1200. The lowest BCUT2D eigenvalue weighted by Gasteiger charge is -2.34. The molecule has 32 heavy (non-hydrogen) atoms. The van der Waals surface area contributed by atoms with Gasteiger partial charge in [-0.1, -0.05) is 0 Å². The minimum absolute atomic E-state index is 0.0272. The Balaban J connectivity index is 1.73. The van der Waals surface area contributed by atoms with Gasteiger partial charge in [0.25, 0.3) is 17.7 Å². The molecule has 10 nitrogen and oxygen atoms in total. The van der Waals surface area contributed by atoms with Crippen molar-refractivity contribution in [3.63, 3.8) is 0 Å². The van der Waals surface area contributed by atoms with E-state index in [1.165, 1.54) is 53.4 Å². The molecule has 2 aromatic rings. The van der Waals surface area contributed by atoms with Gasteiger partial charge in [0.2, 0.25) is 0 Å². The molecule has 1 aliphatic heterocycles. The predicted octanol–water partition coefficient (Wildman–Crippen LogP) is 0.404. The van der Waals surface area contributed by atoms with Crippen LogP contribution in [0.1, 0.15) is 24.1 Å². The predicted molar refractivity (Wildman–Crippen MR) is 119 cm³/mol. The molecule has 0 unspecified atom stereocenters. The molecule has 0 saturated carbocycles. The van der Waals surface area contributed by atoms with Crippen LogP contribution in [0.3, 0.4) is 0 Å². The highest BCUT2D eigenvalue weighted by atomic mass is 16.5. The molecular weight excluding hydrogens is 414 g/mol. The molecule has 10 heteroatoms. The van der Waals surface area contributed by atoms with Gasteiger partial charge in [0.15, 0.2) is 12.2 Å². The number of aliphatic hydroxyl groups excluding tert-OH is 1. The second-order valence-electron chi connectivity index (χ2n) is 6.89. The number of amidine groups is 1. The average Bonchev–Trinajstić information content (AvgIpc) is 2.82. The third-order valence-electron chi connectivity index (χ3n) is 4.77. The molecule has 1 saturated heterocycles. The number of morpholine rings is 1. The Labute approximate surface area is 193 Å². The number of rotatable bonds is 6. The maximum Gasteiger partial charge on any atom is 0.259 e. The molecular formula is C22H25N5O5. The minimum atomic E-state index is -3.21. The van der Waals surface area contributed by atoms with Gasteiger partial charge in [-0.3, -0.25) is 19.8 Å². The number of nitrogen functional groups attached to an aromatic ring is 1. The summed E-state index contributed by atoms with van der Waals surface area (Å²) in [5, 5.41) is 20.4. The van der Waals surface area contributed by atoms with Gasteiger partial charge in [0, 0.05) is 51.2 Å². The van der Waals surface area contributed by atoms with Crippen LogP contribution in [-0.2, 0) is 14.3 Å². The molecule has 2 aromatic carbocycles. The van der Waals surface area contributed by atoms with E-state index in [2.05, 4.69) is 5.32 Å². The van der Waals surface area contributed by atoms with E-state index < -0.39 is 43.9 Å². The smallest absolute Gasteiger partial charge is 0.259 e. The summed E-state index contributed by atoms with van der Waals surface area (Å²) in [6.07, 6.45) is -3.41. The normalized spacial score (nSPS) is 20.5. The van der Waals surface area contributed by atoms with Crippen molar-refractivity contribution in [3.8, 4) is 0 Å². The third kappa shape index (κ3) is 4.93. The molecule has 1 aliphatic rings. The highest BCUT2D eigenvalue weighted by Gasteiger charge is 2.39. The van der Waals surface area contributed by atoms with E-state index in [1.54, 1.807) is 0 Å². The van der Waals surface area contributed by atoms with Crippen molar-refractivity contribution in [2.24, 2.45) is 5.73 Å². The zero-order valence-corrected chi connectivity index (χ0v) is 16.7. The highest BCUT2D eigenvalue weighted by Crippen LogP contribution is 2.22. The van der Waals surface area contributed by atoms with Gasteiger partial charge < -0.3 is 30.7 Å². The Kier molecular flexibility index (Phi) is 4.78. The SMILES string of the molecule is [2H]C([2H])([2H])N(C(=O)c1ccc(N2CCO[C@H]([C@@H](O)C(=O)Nc3ccc(C(=N)N)cc3)C2=O)cc1)C([2H])([2H])[2H]. The number of amides is 3. The molecule has 168 valence electrons. The zero-order valence-electron chi connectivity index (χ0n) is 22.7. The summed E-state index contributed by atoms with van der Waals surface area (Å²) in [7, 11) is 0. The Morgan fingerprint density at radius 2 is 1.84 bits per heavy atom. The number of nitrogens with two attached hydrogens (primary N) is 1. The summed E-state index contributed by atoms with van der Waals surface area (Å²) in [6.45, 7) is -6.39. The lowest BCUT2D eigenvalue weighted by Crippen LogP contribution is -2.55. The number of nitrogens with one attached hydrogen (secondary N) is 2. The molecule has 3 amide bonds. The molecule has 1 heterocycles. The van der Waals surface area contributed by atoms with Gasteiger partial charge in [0.05, 0.1) is 6.61 Å². The first-order chi connectivity index (χ1) is 17.6. The lowest BCUT2D eigenvalue weighted by molar-refractivity contribution is -0.150. The molecule has 0 radical (unpaired) electrons. The summed E-state index contributed by atoms with van der Waals surface area (Å²) in [5.41, 5.74) is 6.14. The van der Waals surface area contributed by atoms with Gasteiger partial charge in [-0.2, -0.15) is 0 Å². The van der Waals surface area contributed by atoms with E-state index >= 15 is 0 Å². The number of nitrogens with zero attached hydrogens (tertiary/aromatic N) is 2. The van der Waals surface area contributed by atoms with Crippen LogP contribution in [0, 0.1) is 5.41 Å². The standard InChI is InChI=1S/C22H25N5O5/c1-26(2)21(30)14-5-9-16(10-6-14)27-11-12-32-18(22(27)31)17(28)20(29)25-15-7-3-13(4-8-15)19(23)24/h3-10,17-18,28H,11-12H2,1-2H3,(H3,23,24)(H,25,29)/t17-,18-/m1/s1/i1D3,2D3. The topological polar surface area (TPSA) is 149 Å². The fourth-order valence-electron chi connectivity index (χ4n) is 3.09. The van der Waals surface area contributed by atoms with E-state index in [0.29, 0.717) is 11.3 Å². The lowest BCUT2D eigenvalue weighted by atomic mass is 10.1. The molecule has 3 rings (SSSR count). The summed E-state index contributed by atoms with van der Waals surface area (Å²) in [4.78, 5) is 39.2. The van der Waals surface area contributed by atoms with Crippen molar-refractivity contribution in [2.45, 2.75) is 12.2 Å². The minimum Gasteiger partial charge on any atom is -0.384 e.